The van der Waals surface area contributed by atoms with Crippen LogP contribution in [0.3, 0.4) is 0 Å². The zero-order valence-electron chi connectivity index (χ0n) is 31.5. The lowest BCUT2D eigenvalue weighted by Gasteiger charge is -2.33. The van der Waals surface area contributed by atoms with Crippen molar-refractivity contribution in [3.05, 3.63) is 202 Å². The fourth-order valence-corrected chi connectivity index (χ4v) is 10.6. The highest BCUT2D eigenvalue weighted by Crippen LogP contribution is 2.63. The van der Waals surface area contributed by atoms with Crippen LogP contribution >= 0.6 is 0 Å². The average molecular weight is 708 g/mol. The summed E-state index contributed by atoms with van der Waals surface area (Å²) in [6, 6.07) is 44.8. The Morgan fingerprint density at radius 1 is 0.600 bits per heavy atom. The topological polar surface area (TPSA) is 3.24 Å². The minimum atomic E-state index is -0.389. The molecule has 266 valence electrons. The van der Waals surface area contributed by atoms with Crippen LogP contribution in [-0.2, 0) is 11.8 Å². The van der Waals surface area contributed by atoms with Gasteiger partial charge >= 0.3 is 0 Å². The molecule has 55 heavy (non-hydrogen) atoms. The first kappa shape index (κ1) is 32.5. The van der Waals surface area contributed by atoms with Gasteiger partial charge in [0.05, 0.1) is 5.41 Å². The Bertz CT molecular complexity index is 2760. The third kappa shape index (κ3) is 4.92. The summed E-state index contributed by atoms with van der Waals surface area (Å²) < 4.78 is 0. The van der Waals surface area contributed by atoms with Crippen LogP contribution < -0.4 is 15.3 Å². The number of anilines is 2. The third-order valence-corrected chi connectivity index (χ3v) is 13.1. The second kappa shape index (κ2) is 12.8. The summed E-state index contributed by atoms with van der Waals surface area (Å²) in [6.45, 7) is 2.28. The fraction of sp³-hybridized carbons (Fsp3) is 0.185. The zero-order valence-corrected chi connectivity index (χ0v) is 31.5. The first-order valence-corrected chi connectivity index (χ1v) is 20.4. The van der Waals surface area contributed by atoms with Crippen LogP contribution in [0.2, 0.25) is 0 Å². The van der Waals surface area contributed by atoms with E-state index < -0.39 is 0 Å². The van der Waals surface area contributed by atoms with Gasteiger partial charge in [-0.1, -0.05) is 153 Å². The molecule has 0 N–H and O–H groups in total. The molecule has 1 spiro atoms. The van der Waals surface area contributed by atoms with Crippen LogP contribution in [0.1, 0.15) is 66.8 Å². The molecule has 0 bridgehead atoms. The highest BCUT2D eigenvalue weighted by molar-refractivity contribution is 5.96. The number of nitrogens with zero attached hydrogens (tertiary/aromatic N) is 1. The molecule has 11 rings (SSSR count). The summed E-state index contributed by atoms with van der Waals surface area (Å²) in [5.74, 6) is 1.05. The molecule has 1 heteroatoms. The fourth-order valence-electron chi connectivity index (χ4n) is 10.6. The predicted molar refractivity (Wildman–Crippen MR) is 232 cm³/mol. The standard InChI is InChI=1S/C54H45N/c1-2-12-36-21-32-52-49(33-36)47-31-30-43(35-53(47)54(52)50-19-10-8-17-45(50)46-18-9-11-20-51(46)54)55(41-27-24-38(25-28-41)37-13-4-3-5-14-37)42-29-26-40-23-22-39-15-6-7-16-44(39)48(40)34-42/h3-5,8-11,13,15-24,26-35,37-38H,2,6-7,12,14,25H2,1H3. The van der Waals surface area contributed by atoms with Crippen molar-refractivity contribution >= 4 is 34.3 Å². The van der Waals surface area contributed by atoms with Crippen molar-refractivity contribution in [2.45, 2.75) is 50.9 Å². The normalized spacial score (nSPS) is 19.2. The van der Waals surface area contributed by atoms with Gasteiger partial charge in [0.2, 0.25) is 0 Å². The summed E-state index contributed by atoms with van der Waals surface area (Å²) >= 11 is 0. The monoisotopic (exact) mass is 707 g/mol. The lowest BCUT2D eigenvalue weighted by Crippen LogP contribution is -2.27. The Morgan fingerprint density at radius 2 is 1.33 bits per heavy atom. The van der Waals surface area contributed by atoms with Gasteiger partial charge < -0.3 is 4.90 Å². The van der Waals surface area contributed by atoms with Crippen molar-refractivity contribution in [2.75, 3.05) is 4.90 Å². The van der Waals surface area contributed by atoms with E-state index in [2.05, 4.69) is 182 Å². The minimum Gasteiger partial charge on any atom is -0.311 e. The smallest absolute Gasteiger partial charge is 0.0726 e. The van der Waals surface area contributed by atoms with Crippen molar-refractivity contribution in [1.82, 2.24) is 0 Å². The molecule has 0 amide bonds. The molecule has 6 aromatic carbocycles. The number of aryl methyl sites for hydroxylation is 1. The van der Waals surface area contributed by atoms with Crippen LogP contribution in [0.4, 0.5) is 11.4 Å². The molecule has 0 fully saturated rings. The predicted octanol–water partition coefficient (Wildman–Crippen LogP) is 12.2. The molecule has 2 unspecified atom stereocenters. The van der Waals surface area contributed by atoms with Crippen LogP contribution in [0.25, 0.3) is 45.2 Å². The van der Waals surface area contributed by atoms with Gasteiger partial charge in [-0.3, -0.25) is 0 Å². The lowest BCUT2D eigenvalue weighted by atomic mass is 9.70. The first-order chi connectivity index (χ1) is 27.2. The summed E-state index contributed by atoms with van der Waals surface area (Å²) in [6.07, 6.45) is 27.9. The number of fused-ring (bicyclic) bond motifs is 13. The van der Waals surface area contributed by atoms with Crippen molar-refractivity contribution in [1.29, 1.82) is 0 Å². The van der Waals surface area contributed by atoms with Crippen LogP contribution in [0.5, 0.6) is 0 Å². The highest BCUT2D eigenvalue weighted by Gasteiger charge is 2.51. The molecule has 0 radical (unpaired) electrons. The maximum atomic E-state index is 2.55. The van der Waals surface area contributed by atoms with E-state index in [0.29, 0.717) is 11.8 Å². The average Bonchev–Trinajstić information content (AvgIpc) is 3.71. The second-order valence-corrected chi connectivity index (χ2v) is 16.1. The van der Waals surface area contributed by atoms with E-state index in [1.54, 1.807) is 0 Å². The van der Waals surface area contributed by atoms with Crippen molar-refractivity contribution < 1.29 is 0 Å². The number of hydrogen-bond acceptors (Lipinski definition) is 1. The van der Waals surface area contributed by atoms with Gasteiger partial charge in [-0.25, -0.2) is 0 Å². The molecule has 0 saturated carbocycles. The lowest BCUT2D eigenvalue weighted by molar-refractivity contribution is 0.476. The van der Waals surface area contributed by atoms with Crippen molar-refractivity contribution in [2.24, 2.45) is 11.8 Å². The van der Waals surface area contributed by atoms with Crippen LogP contribution in [-0.4, -0.2) is 0 Å². The molecular weight excluding hydrogens is 663 g/mol. The quantitative estimate of drug-likeness (QED) is 0.166. The summed E-state index contributed by atoms with van der Waals surface area (Å²) in [4.78, 5) is 2.54. The molecule has 6 aromatic rings. The number of rotatable bonds is 6. The molecule has 5 aliphatic carbocycles. The van der Waals surface area contributed by atoms with E-state index >= 15 is 0 Å². The maximum Gasteiger partial charge on any atom is 0.0726 e. The minimum absolute atomic E-state index is 0.389. The van der Waals surface area contributed by atoms with Gasteiger partial charge in [-0.15, -0.1) is 0 Å². The van der Waals surface area contributed by atoms with E-state index in [1.165, 1.54) is 88.4 Å². The summed E-state index contributed by atoms with van der Waals surface area (Å²) in [5, 5.41) is 5.36. The maximum absolute atomic E-state index is 2.55. The highest BCUT2D eigenvalue weighted by atomic mass is 15.1. The first-order valence-electron chi connectivity index (χ1n) is 20.4. The second-order valence-electron chi connectivity index (χ2n) is 16.1. The van der Waals surface area contributed by atoms with Gasteiger partial charge in [0.15, 0.2) is 0 Å². The third-order valence-electron chi connectivity index (χ3n) is 13.1. The van der Waals surface area contributed by atoms with Gasteiger partial charge in [-0.2, -0.15) is 0 Å². The van der Waals surface area contributed by atoms with Gasteiger partial charge in [-0.05, 0) is 146 Å². The Hall–Kier alpha value is -5.92. The molecule has 5 aliphatic rings. The SMILES string of the molecule is CCCc1ccc2c(c1)-c1ccc(N(C3=CCC(C4C=CC=CC4)C=C3)c3ccc4ccc5c(c4c3)=CCCC=5)cc1C21c2ccccc2-c2ccccc21. The zero-order chi connectivity index (χ0) is 36.5. The van der Waals surface area contributed by atoms with Crippen LogP contribution in [0, 0.1) is 11.8 Å². The van der Waals surface area contributed by atoms with E-state index in [4.69, 9.17) is 0 Å². The molecule has 2 atom stereocenters. The van der Waals surface area contributed by atoms with Crippen molar-refractivity contribution in [3.8, 4) is 22.3 Å². The number of benzene rings is 6. The summed E-state index contributed by atoms with van der Waals surface area (Å²) in [7, 11) is 0. The Balaban J connectivity index is 1.14. The van der Waals surface area contributed by atoms with E-state index in [1.807, 2.05) is 0 Å². The van der Waals surface area contributed by atoms with Gasteiger partial charge in [0.25, 0.3) is 0 Å². The van der Waals surface area contributed by atoms with Crippen LogP contribution in [0.15, 0.2) is 163 Å². The van der Waals surface area contributed by atoms with Crippen molar-refractivity contribution in [3.63, 3.8) is 0 Å². The Kier molecular flexibility index (Phi) is 7.59. The molecule has 0 aliphatic heterocycles. The Labute approximate surface area is 324 Å². The Morgan fingerprint density at radius 3 is 2.11 bits per heavy atom. The van der Waals surface area contributed by atoms with E-state index in [9.17, 15) is 0 Å². The summed E-state index contributed by atoms with van der Waals surface area (Å²) in [5.41, 5.74) is 15.7. The molecule has 0 aromatic heterocycles. The molecule has 1 nitrogen and oxygen atoms in total. The number of allylic oxidation sites excluding steroid dienone is 7. The van der Waals surface area contributed by atoms with E-state index in [0.717, 1.165) is 38.5 Å². The largest absolute Gasteiger partial charge is 0.311 e. The number of hydrogen-bond donors (Lipinski definition) is 0. The van der Waals surface area contributed by atoms with E-state index in [-0.39, 0.29) is 5.41 Å². The van der Waals surface area contributed by atoms with Gasteiger partial charge in [0, 0.05) is 17.1 Å². The molecule has 0 heterocycles. The molecule has 0 saturated heterocycles. The van der Waals surface area contributed by atoms with Gasteiger partial charge in [0.1, 0.15) is 0 Å². The molecular formula is C54H45N.